The maximum Gasteiger partial charge on any atom is 0.148 e. The highest BCUT2D eigenvalue weighted by atomic mass is 16.3. The summed E-state index contributed by atoms with van der Waals surface area (Å²) >= 11 is 0. The Hall–Kier alpha value is -2.29. The number of para-hydroxylation sites is 2. The second-order valence-electron chi connectivity index (χ2n) is 5.20. The summed E-state index contributed by atoms with van der Waals surface area (Å²) in [5.74, 6) is -0.137. The number of carbonyl (C=O) groups is 1. The summed E-state index contributed by atoms with van der Waals surface area (Å²) in [5.41, 5.74) is 1.38. The van der Waals surface area contributed by atoms with Crippen LogP contribution in [0.3, 0.4) is 0 Å². The van der Waals surface area contributed by atoms with Crippen LogP contribution in [0, 0.1) is 0 Å². The van der Waals surface area contributed by atoms with Crippen molar-refractivity contribution in [2.75, 3.05) is 0 Å². The normalized spacial score (nSPS) is 22.1. The van der Waals surface area contributed by atoms with E-state index in [1.54, 1.807) is 36.4 Å². The Morgan fingerprint density at radius 2 is 1.15 bits per heavy atom. The van der Waals surface area contributed by atoms with Crippen molar-refractivity contribution >= 4 is 5.78 Å². The van der Waals surface area contributed by atoms with Crippen LogP contribution in [0.1, 0.15) is 35.8 Å². The van der Waals surface area contributed by atoms with Gasteiger partial charge in [0.25, 0.3) is 0 Å². The van der Waals surface area contributed by atoms with Gasteiger partial charge in [-0.1, -0.05) is 36.4 Å². The first-order valence-corrected chi connectivity index (χ1v) is 6.78. The molecule has 1 saturated carbocycles. The molecule has 1 aliphatic rings. The first-order chi connectivity index (χ1) is 9.68. The highest BCUT2D eigenvalue weighted by Gasteiger charge is 2.38. The third-order valence-corrected chi connectivity index (χ3v) is 4.06. The topological polar surface area (TPSA) is 57.5 Å². The van der Waals surface area contributed by atoms with Gasteiger partial charge in [-0.2, -0.15) is 0 Å². The van der Waals surface area contributed by atoms with Gasteiger partial charge in [0, 0.05) is 23.0 Å². The Bertz CT molecular complexity index is 593. The molecular weight excluding hydrogens is 252 g/mol. The summed E-state index contributed by atoms with van der Waals surface area (Å²) in [6.07, 6.45) is 1.41. The van der Waals surface area contributed by atoms with E-state index in [4.69, 9.17) is 0 Å². The number of phenolic OH excluding ortho intramolecular Hbond substituents is 2. The van der Waals surface area contributed by atoms with Gasteiger partial charge in [-0.25, -0.2) is 0 Å². The molecule has 0 aliphatic heterocycles. The Labute approximate surface area is 117 Å². The van der Waals surface area contributed by atoms with Gasteiger partial charge in [-0.3, -0.25) is 4.79 Å². The number of rotatable bonds is 2. The van der Waals surface area contributed by atoms with Crippen molar-refractivity contribution in [3.63, 3.8) is 0 Å². The molecule has 0 heterocycles. The molecule has 0 radical (unpaired) electrons. The predicted molar refractivity (Wildman–Crippen MR) is 75.9 cm³/mol. The average molecular weight is 268 g/mol. The van der Waals surface area contributed by atoms with Crippen LogP contribution in [0.4, 0.5) is 0 Å². The molecule has 0 bridgehead atoms. The molecule has 1 aliphatic carbocycles. The summed E-state index contributed by atoms with van der Waals surface area (Å²) in [5, 5.41) is 19.8. The Kier molecular flexibility index (Phi) is 3.18. The van der Waals surface area contributed by atoms with Crippen molar-refractivity contribution in [1.82, 2.24) is 0 Å². The lowest BCUT2D eigenvalue weighted by atomic mass is 9.91. The lowest BCUT2D eigenvalue weighted by Gasteiger charge is -2.13. The van der Waals surface area contributed by atoms with Crippen LogP contribution in [0.15, 0.2) is 48.5 Å². The average Bonchev–Trinajstić information content (AvgIpc) is 2.82. The van der Waals surface area contributed by atoms with E-state index in [0.717, 1.165) is 0 Å². The van der Waals surface area contributed by atoms with Gasteiger partial charge in [0.05, 0.1) is 0 Å². The first-order valence-electron chi connectivity index (χ1n) is 6.78. The van der Waals surface area contributed by atoms with Gasteiger partial charge in [-0.05, 0) is 25.0 Å². The largest absolute Gasteiger partial charge is 0.508 e. The van der Waals surface area contributed by atoms with Crippen LogP contribution in [0.25, 0.3) is 0 Å². The molecule has 2 N–H and O–H groups in total. The SMILES string of the molecule is O=C1C(c2ccccc2O)CCC1c1ccccc1O. The van der Waals surface area contributed by atoms with Gasteiger partial charge in [0.2, 0.25) is 0 Å². The van der Waals surface area contributed by atoms with Gasteiger partial charge in [0.15, 0.2) is 0 Å². The molecule has 2 atom stereocenters. The molecular formula is C17H16O3. The zero-order chi connectivity index (χ0) is 14.1. The number of ketones is 1. The van der Waals surface area contributed by atoms with Crippen LogP contribution >= 0.6 is 0 Å². The van der Waals surface area contributed by atoms with Crippen LogP contribution in [-0.2, 0) is 4.79 Å². The predicted octanol–water partition coefficient (Wildman–Crippen LogP) is 3.33. The molecule has 3 heteroatoms. The molecule has 2 unspecified atom stereocenters. The quantitative estimate of drug-likeness (QED) is 0.878. The molecule has 3 rings (SSSR count). The third kappa shape index (κ3) is 2.05. The fourth-order valence-electron chi connectivity index (χ4n) is 3.04. The van der Waals surface area contributed by atoms with E-state index in [0.29, 0.717) is 24.0 Å². The minimum absolute atomic E-state index is 0.0769. The van der Waals surface area contributed by atoms with Crippen molar-refractivity contribution in [2.24, 2.45) is 0 Å². The van der Waals surface area contributed by atoms with Crippen LogP contribution < -0.4 is 0 Å². The maximum absolute atomic E-state index is 12.6. The molecule has 20 heavy (non-hydrogen) atoms. The van der Waals surface area contributed by atoms with Gasteiger partial charge >= 0.3 is 0 Å². The van der Waals surface area contributed by atoms with Crippen molar-refractivity contribution in [3.05, 3.63) is 59.7 Å². The fraction of sp³-hybridized carbons (Fsp3) is 0.235. The van der Waals surface area contributed by atoms with E-state index in [1.165, 1.54) is 0 Å². The van der Waals surface area contributed by atoms with E-state index in [9.17, 15) is 15.0 Å². The number of hydrogen-bond acceptors (Lipinski definition) is 3. The Morgan fingerprint density at radius 1 is 0.750 bits per heavy atom. The van der Waals surface area contributed by atoms with Gasteiger partial charge in [-0.15, -0.1) is 0 Å². The molecule has 0 amide bonds. The monoisotopic (exact) mass is 268 g/mol. The molecule has 102 valence electrons. The van der Waals surface area contributed by atoms with Gasteiger partial charge in [0.1, 0.15) is 17.3 Å². The fourth-order valence-corrected chi connectivity index (χ4v) is 3.04. The number of hydrogen-bond donors (Lipinski definition) is 2. The summed E-state index contributed by atoms with van der Waals surface area (Å²) in [7, 11) is 0. The molecule has 0 aromatic heterocycles. The zero-order valence-corrected chi connectivity index (χ0v) is 11.0. The summed E-state index contributed by atoms with van der Waals surface area (Å²) in [6, 6.07) is 14.0. The Morgan fingerprint density at radius 3 is 1.55 bits per heavy atom. The van der Waals surface area contributed by atoms with Crippen LogP contribution in [0.2, 0.25) is 0 Å². The van der Waals surface area contributed by atoms with Crippen molar-refractivity contribution in [3.8, 4) is 11.5 Å². The van der Waals surface area contributed by atoms with E-state index >= 15 is 0 Å². The minimum Gasteiger partial charge on any atom is -0.508 e. The summed E-state index contributed by atoms with van der Waals surface area (Å²) in [4.78, 5) is 12.6. The number of Topliss-reactive ketones (excluding diaryl/α,β-unsaturated/α-hetero) is 1. The van der Waals surface area contributed by atoms with Gasteiger partial charge < -0.3 is 10.2 Å². The third-order valence-electron chi connectivity index (χ3n) is 4.06. The molecule has 2 aromatic rings. The van der Waals surface area contributed by atoms with Crippen molar-refractivity contribution in [1.29, 1.82) is 0 Å². The van der Waals surface area contributed by atoms with Crippen molar-refractivity contribution in [2.45, 2.75) is 24.7 Å². The lowest BCUT2D eigenvalue weighted by molar-refractivity contribution is -0.119. The molecule has 3 nitrogen and oxygen atoms in total. The number of benzene rings is 2. The minimum atomic E-state index is -0.277. The smallest absolute Gasteiger partial charge is 0.148 e. The van der Waals surface area contributed by atoms with E-state index in [-0.39, 0.29) is 29.1 Å². The summed E-state index contributed by atoms with van der Waals surface area (Å²) in [6.45, 7) is 0. The standard InChI is InChI=1S/C17H16O3/c18-15-7-3-1-5-11(15)13-9-10-14(17(13)20)12-6-2-4-8-16(12)19/h1-8,13-14,18-19H,9-10H2. The van der Waals surface area contributed by atoms with E-state index in [1.807, 2.05) is 12.1 Å². The molecule has 2 aromatic carbocycles. The Balaban J connectivity index is 1.92. The second kappa shape index (κ2) is 5.00. The molecule has 0 spiro atoms. The van der Waals surface area contributed by atoms with E-state index < -0.39 is 0 Å². The van der Waals surface area contributed by atoms with Crippen LogP contribution in [-0.4, -0.2) is 16.0 Å². The molecule has 1 fully saturated rings. The zero-order valence-electron chi connectivity index (χ0n) is 11.0. The van der Waals surface area contributed by atoms with Crippen LogP contribution in [0.5, 0.6) is 11.5 Å². The molecule has 0 saturated heterocycles. The van der Waals surface area contributed by atoms with Crippen molar-refractivity contribution < 1.29 is 15.0 Å². The highest BCUT2D eigenvalue weighted by Crippen LogP contribution is 2.44. The lowest BCUT2D eigenvalue weighted by Crippen LogP contribution is -2.11. The van der Waals surface area contributed by atoms with E-state index in [2.05, 4.69) is 0 Å². The number of aromatic hydroxyl groups is 2. The number of carbonyl (C=O) groups excluding carboxylic acids is 1. The maximum atomic E-state index is 12.6. The number of phenols is 2. The first kappa shape index (κ1) is 12.7. The summed E-state index contributed by atoms with van der Waals surface area (Å²) < 4.78 is 0. The highest BCUT2D eigenvalue weighted by molar-refractivity contribution is 5.94. The second-order valence-corrected chi connectivity index (χ2v) is 5.20.